The van der Waals surface area contributed by atoms with Gasteiger partial charge in [-0.25, -0.2) is 4.79 Å². The number of carbonyl (C=O) groups is 1. The van der Waals surface area contributed by atoms with E-state index in [0.29, 0.717) is 48.3 Å². The number of hydrogen-bond acceptors (Lipinski definition) is 5. The molecule has 0 radical (unpaired) electrons. The van der Waals surface area contributed by atoms with Gasteiger partial charge in [0.15, 0.2) is 22.8 Å². The highest BCUT2D eigenvalue weighted by Gasteiger charge is 2.25. The predicted molar refractivity (Wildman–Crippen MR) is 118 cm³/mol. The third-order valence-corrected chi connectivity index (χ3v) is 5.60. The minimum atomic E-state index is -0.277. The molecule has 2 aromatic carbocycles. The highest BCUT2D eigenvalue weighted by atomic mass is 16.5. The topological polar surface area (TPSA) is 73.2 Å². The number of nitrogens with zero attached hydrogens (tertiary/aromatic N) is 1. The third-order valence-electron chi connectivity index (χ3n) is 5.60. The van der Waals surface area contributed by atoms with Gasteiger partial charge in [-0.1, -0.05) is 12.1 Å². The smallest absolute Gasteiger partial charge is 0.318 e. The van der Waals surface area contributed by atoms with Gasteiger partial charge in [-0.3, -0.25) is 0 Å². The summed E-state index contributed by atoms with van der Waals surface area (Å²) in [4.78, 5) is 14.8. The van der Waals surface area contributed by atoms with Gasteiger partial charge in [-0.05, 0) is 55.7 Å². The first-order valence-electron chi connectivity index (χ1n) is 10.5. The maximum atomic E-state index is 12.9. The number of methoxy groups -OCH3 is 2. The molecule has 2 heterocycles. The Bertz CT molecular complexity index is 1090. The number of urea groups is 1. The molecule has 0 saturated carbocycles. The first-order valence-corrected chi connectivity index (χ1v) is 10.5. The molecule has 1 N–H and O–H groups in total. The molecule has 0 spiro atoms. The molecule has 7 heteroatoms. The highest BCUT2D eigenvalue weighted by molar-refractivity contribution is 5.84. The van der Waals surface area contributed by atoms with Gasteiger partial charge < -0.3 is 28.8 Å². The Morgan fingerprint density at radius 3 is 2.58 bits per heavy atom. The van der Waals surface area contributed by atoms with E-state index in [1.165, 1.54) is 5.56 Å². The van der Waals surface area contributed by atoms with E-state index in [1.54, 1.807) is 19.1 Å². The van der Waals surface area contributed by atoms with E-state index in [1.807, 2.05) is 50.2 Å². The van der Waals surface area contributed by atoms with Crippen molar-refractivity contribution in [2.24, 2.45) is 0 Å². The molecular formula is C24H28N2O5. The minimum Gasteiger partial charge on any atom is -0.493 e. The number of benzene rings is 2. The fraction of sp³-hybridized carbons (Fsp3) is 0.375. The predicted octanol–water partition coefficient (Wildman–Crippen LogP) is 4.68. The summed E-state index contributed by atoms with van der Waals surface area (Å²) in [5.41, 5.74) is 2.95. The summed E-state index contributed by atoms with van der Waals surface area (Å²) in [6.45, 7) is 5.57. The van der Waals surface area contributed by atoms with Crippen molar-refractivity contribution in [3.8, 4) is 17.2 Å². The first kappa shape index (κ1) is 20.9. The number of fused-ring (bicyclic) bond motifs is 2. The van der Waals surface area contributed by atoms with E-state index in [9.17, 15) is 4.79 Å². The number of hydrogen-bond donors (Lipinski definition) is 1. The number of furan rings is 1. The molecule has 0 fully saturated rings. The SMILES string of the molecule is CCOc1cccc2cc(C(C)NC(=O)N3CCc4cc(OC)c(OC)cc4C3)oc12. The Labute approximate surface area is 181 Å². The lowest BCUT2D eigenvalue weighted by Crippen LogP contribution is -2.43. The van der Waals surface area contributed by atoms with Crippen LogP contribution in [-0.4, -0.2) is 38.3 Å². The first-order chi connectivity index (χ1) is 15.0. The van der Waals surface area contributed by atoms with Crippen molar-refractivity contribution in [3.63, 3.8) is 0 Å². The van der Waals surface area contributed by atoms with Crippen molar-refractivity contribution in [2.45, 2.75) is 32.9 Å². The van der Waals surface area contributed by atoms with Crippen molar-refractivity contribution >= 4 is 17.0 Å². The Kier molecular flexibility index (Phi) is 5.93. The number of nitrogens with one attached hydrogen (secondary N) is 1. The van der Waals surface area contributed by atoms with Crippen LogP contribution in [0.1, 0.15) is 36.8 Å². The molecule has 164 valence electrons. The molecule has 1 aliphatic rings. The van der Waals surface area contributed by atoms with Crippen molar-refractivity contribution in [2.75, 3.05) is 27.4 Å². The van der Waals surface area contributed by atoms with Crippen molar-refractivity contribution in [1.82, 2.24) is 10.2 Å². The minimum absolute atomic E-state index is 0.126. The van der Waals surface area contributed by atoms with E-state index < -0.39 is 0 Å². The van der Waals surface area contributed by atoms with Gasteiger partial charge in [0.25, 0.3) is 0 Å². The fourth-order valence-corrected chi connectivity index (χ4v) is 3.94. The zero-order chi connectivity index (χ0) is 22.0. The Hall–Kier alpha value is -3.35. The maximum Gasteiger partial charge on any atom is 0.318 e. The van der Waals surface area contributed by atoms with Crippen LogP contribution in [0.5, 0.6) is 17.2 Å². The summed E-state index contributed by atoms with van der Waals surface area (Å²) in [7, 11) is 3.24. The molecule has 31 heavy (non-hydrogen) atoms. The average Bonchev–Trinajstić information content (AvgIpc) is 3.23. The molecule has 1 aliphatic heterocycles. The van der Waals surface area contributed by atoms with Crippen LogP contribution < -0.4 is 19.5 Å². The molecule has 4 rings (SSSR count). The van der Waals surface area contributed by atoms with E-state index in [4.69, 9.17) is 18.6 Å². The molecule has 1 aromatic heterocycles. The molecule has 0 bridgehead atoms. The van der Waals surface area contributed by atoms with Gasteiger partial charge in [-0.15, -0.1) is 0 Å². The van der Waals surface area contributed by atoms with E-state index in [0.717, 1.165) is 17.4 Å². The van der Waals surface area contributed by atoms with Crippen LogP contribution in [0.15, 0.2) is 40.8 Å². The monoisotopic (exact) mass is 424 g/mol. The number of ether oxygens (including phenoxy) is 3. The standard InChI is InChI=1S/C24H28N2O5/c1-5-30-19-8-6-7-17-12-20(31-23(17)19)15(2)25-24(27)26-10-9-16-11-21(28-3)22(29-4)13-18(16)14-26/h6-8,11-13,15H,5,9-10,14H2,1-4H3,(H,25,27). The lowest BCUT2D eigenvalue weighted by molar-refractivity contribution is 0.187. The lowest BCUT2D eigenvalue weighted by atomic mass is 9.99. The lowest BCUT2D eigenvalue weighted by Gasteiger charge is -2.30. The molecule has 3 aromatic rings. The zero-order valence-electron chi connectivity index (χ0n) is 18.4. The number of carbonyl (C=O) groups excluding carboxylic acids is 1. The van der Waals surface area contributed by atoms with Crippen LogP contribution in [-0.2, 0) is 13.0 Å². The molecular weight excluding hydrogens is 396 g/mol. The second kappa shape index (κ2) is 8.79. The molecule has 7 nitrogen and oxygen atoms in total. The van der Waals surface area contributed by atoms with Gasteiger partial charge in [0.1, 0.15) is 5.76 Å². The summed E-state index contributed by atoms with van der Waals surface area (Å²) in [5.74, 6) is 2.79. The van der Waals surface area contributed by atoms with Crippen molar-refractivity contribution < 1.29 is 23.4 Å². The van der Waals surface area contributed by atoms with Crippen molar-refractivity contribution in [3.05, 3.63) is 53.3 Å². The average molecular weight is 424 g/mol. The largest absolute Gasteiger partial charge is 0.493 e. The van der Waals surface area contributed by atoms with Gasteiger partial charge >= 0.3 is 6.03 Å². The summed E-state index contributed by atoms with van der Waals surface area (Å²) in [6.07, 6.45) is 0.764. The van der Waals surface area contributed by atoms with Crippen LogP contribution in [0.2, 0.25) is 0 Å². The van der Waals surface area contributed by atoms with E-state index in [-0.39, 0.29) is 12.1 Å². The Morgan fingerprint density at radius 1 is 1.13 bits per heavy atom. The molecule has 1 atom stereocenters. The van der Waals surface area contributed by atoms with Crippen LogP contribution in [0.25, 0.3) is 11.0 Å². The van der Waals surface area contributed by atoms with E-state index >= 15 is 0 Å². The number of rotatable bonds is 6. The zero-order valence-corrected chi connectivity index (χ0v) is 18.4. The number of amides is 2. The summed E-state index contributed by atoms with van der Waals surface area (Å²) in [5, 5.41) is 4.01. The molecule has 0 aliphatic carbocycles. The summed E-state index contributed by atoms with van der Waals surface area (Å²) in [6, 6.07) is 11.3. The van der Waals surface area contributed by atoms with Crippen LogP contribution in [0.4, 0.5) is 4.79 Å². The van der Waals surface area contributed by atoms with Gasteiger partial charge in [-0.2, -0.15) is 0 Å². The van der Waals surface area contributed by atoms with Crippen LogP contribution >= 0.6 is 0 Å². The second-order valence-corrected chi connectivity index (χ2v) is 7.57. The fourth-order valence-electron chi connectivity index (χ4n) is 3.94. The maximum absolute atomic E-state index is 12.9. The third kappa shape index (κ3) is 4.13. The normalized spacial score (nSPS) is 14.1. The van der Waals surface area contributed by atoms with Crippen LogP contribution in [0, 0.1) is 0 Å². The van der Waals surface area contributed by atoms with Gasteiger partial charge in [0, 0.05) is 18.5 Å². The van der Waals surface area contributed by atoms with Gasteiger partial charge in [0.2, 0.25) is 0 Å². The number of para-hydroxylation sites is 1. The molecule has 2 amide bonds. The van der Waals surface area contributed by atoms with Gasteiger partial charge in [0.05, 0.1) is 26.9 Å². The highest BCUT2D eigenvalue weighted by Crippen LogP contribution is 2.34. The summed E-state index contributed by atoms with van der Waals surface area (Å²) < 4.78 is 22.5. The van der Waals surface area contributed by atoms with Crippen LogP contribution in [0.3, 0.4) is 0 Å². The Morgan fingerprint density at radius 2 is 1.87 bits per heavy atom. The summed E-state index contributed by atoms with van der Waals surface area (Å²) >= 11 is 0. The molecule has 0 saturated heterocycles. The quantitative estimate of drug-likeness (QED) is 0.622. The molecule has 1 unspecified atom stereocenters. The second-order valence-electron chi connectivity index (χ2n) is 7.57. The Balaban J connectivity index is 1.47. The van der Waals surface area contributed by atoms with E-state index in [2.05, 4.69) is 5.32 Å². The van der Waals surface area contributed by atoms with Crippen molar-refractivity contribution in [1.29, 1.82) is 0 Å².